The van der Waals surface area contributed by atoms with Crippen LogP contribution in [0, 0.1) is 0 Å². The van der Waals surface area contributed by atoms with Gasteiger partial charge in [-0.15, -0.1) is 0 Å². The van der Waals surface area contributed by atoms with E-state index in [1.807, 2.05) is 6.92 Å². The summed E-state index contributed by atoms with van der Waals surface area (Å²) in [5, 5.41) is 13.1. The van der Waals surface area contributed by atoms with Crippen molar-refractivity contribution in [2.24, 2.45) is 0 Å². The van der Waals surface area contributed by atoms with E-state index < -0.39 is 5.97 Å². The number of carboxylic acid groups (broad SMARTS) is 1. The van der Waals surface area contributed by atoms with Gasteiger partial charge in [0.05, 0.1) is 5.69 Å². The number of rotatable bonds is 2. The molecule has 0 aliphatic heterocycles. The number of fused-ring (bicyclic) bond motifs is 1. The molecule has 72 valence electrons. The number of hydrogen-bond donors (Lipinski definition) is 1. The van der Waals surface area contributed by atoms with E-state index in [9.17, 15) is 4.79 Å². The van der Waals surface area contributed by atoms with Gasteiger partial charge in [-0.05, 0) is 12.5 Å². The van der Waals surface area contributed by atoms with E-state index in [4.69, 9.17) is 5.11 Å². The summed E-state index contributed by atoms with van der Waals surface area (Å²) in [5.41, 5.74) is 1.17. The van der Waals surface area contributed by atoms with Crippen LogP contribution in [0.5, 0.6) is 0 Å². The lowest BCUT2D eigenvalue weighted by molar-refractivity contribution is 0.0697. The Kier molecular flexibility index (Phi) is 1.92. The van der Waals surface area contributed by atoms with Gasteiger partial charge in [0.15, 0.2) is 5.65 Å². The van der Waals surface area contributed by atoms with Gasteiger partial charge in [0.2, 0.25) is 0 Å². The smallest absolute Gasteiger partial charge is 0.341 e. The molecule has 5 heteroatoms. The molecule has 0 spiro atoms. The van der Waals surface area contributed by atoms with E-state index in [-0.39, 0.29) is 5.56 Å². The van der Waals surface area contributed by atoms with Crippen LogP contribution in [-0.2, 0) is 6.42 Å². The topological polar surface area (TPSA) is 67.5 Å². The summed E-state index contributed by atoms with van der Waals surface area (Å²) in [6.45, 7) is 1.87. The van der Waals surface area contributed by atoms with E-state index in [2.05, 4.69) is 10.1 Å². The van der Waals surface area contributed by atoms with Gasteiger partial charge in [0.1, 0.15) is 5.56 Å². The first-order valence-corrected chi connectivity index (χ1v) is 4.29. The minimum Gasteiger partial charge on any atom is -0.477 e. The van der Waals surface area contributed by atoms with E-state index >= 15 is 0 Å². The predicted octanol–water partition coefficient (Wildman–Crippen LogP) is 0.990. The van der Waals surface area contributed by atoms with E-state index in [0.29, 0.717) is 17.8 Å². The molecular formula is C9H9N3O2. The minimum atomic E-state index is -0.976. The standard InChI is InChI=1S/C9H9N3O2/c1-2-6-7(9(13)14)8-10-4-3-5-12(8)11-6/h3-5H,2H2,1H3,(H,13,14). The Balaban J connectivity index is 2.81. The molecule has 0 radical (unpaired) electrons. The van der Waals surface area contributed by atoms with Gasteiger partial charge in [-0.2, -0.15) is 5.10 Å². The summed E-state index contributed by atoms with van der Waals surface area (Å²) in [4.78, 5) is 15.0. The van der Waals surface area contributed by atoms with Crippen LogP contribution in [0.25, 0.3) is 5.65 Å². The lowest BCUT2D eigenvalue weighted by atomic mass is 10.2. The predicted molar refractivity (Wildman–Crippen MR) is 49.3 cm³/mol. The van der Waals surface area contributed by atoms with Crippen molar-refractivity contribution < 1.29 is 9.90 Å². The van der Waals surface area contributed by atoms with Gasteiger partial charge in [-0.3, -0.25) is 0 Å². The maximum Gasteiger partial charge on any atom is 0.341 e. The van der Waals surface area contributed by atoms with E-state index in [1.54, 1.807) is 18.5 Å². The van der Waals surface area contributed by atoms with Crippen molar-refractivity contribution >= 4 is 11.6 Å². The van der Waals surface area contributed by atoms with Gasteiger partial charge in [0.25, 0.3) is 0 Å². The average Bonchev–Trinajstić information content (AvgIpc) is 2.55. The summed E-state index contributed by atoms with van der Waals surface area (Å²) in [6, 6.07) is 1.71. The molecule has 0 atom stereocenters. The summed E-state index contributed by atoms with van der Waals surface area (Å²) in [7, 11) is 0. The zero-order valence-electron chi connectivity index (χ0n) is 7.64. The van der Waals surface area contributed by atoms with Crippen LogP contribution < -0.4 is 0 Å². The Morgan fingerprint density at radius 1 is 1.64 bits per heavy atom. The maximum atomic E-state index is 11.0. The number of aromatic carboxylic acids is 1. The Labute approximate surface area is 80.0 Å². The molecule has 0 unspecified atom stereocenters. The molecule has 5 nitrogen and oxygen atoms in total. The van der Waals surface area contributed by atoms with Crippen molar-refractivity contribution in [3.8, 4) is 0 Å². The van der Waals surface area contributed by atoms with Crippen LogP contribution in [0.1, 0.15) is 23.0 Å². The fourth-order valence-electron chi connectivity index (χ4n) is 1.40. The van der Waals surface area contributed by atoms with Crippen LogP contribution in [0.15, 0.2) is 18.5 Å². The third kappa shape index (κ3) is 1.14. The van der Waals surface area contributed by atoms with Crippen molar-refractivity contribution in [1.82, 2.24) is 14.6 Å². The van der Waals surface area contributed by atoms with Gasteiger partial charge >= 0.3 is 5.97 Å². The summed E-state index contributed by atoms with van der Waals surface area (Å²) >= 11 is 0. The van der Waals surface area contributed by atoms with Crippen molar-refractivity contribution in [3.05, 3.63) is 29.7 Å². The highest BCUT2D eigenvalue weighted by molar-refractivity contribution is 5.95. The second-order valence-corrected chi connectivity index (χ2v) is 2.87. The number of carbonyl (C=O) groups is 1. The van der Waals surface area contributed by atoms with E-state index in [1.165, 1.54) is 4.52 Å². The van der Waals surface area contributed by atoms with E-state index in [0.717, 1.165) is 0 Å². The van der Waals surface area contributed by atoms with Crippen molar-refractivity contribution in [2.75, 3.05) is 0 Å². The Morgan fingerprint density at radius 2 is 2.43 bits per heavy atom. The maximum absolute atomic E-state index is 11.0. The zero-order valence-corrected chi connectivity index (χ0v) is 7.64. The molecule has 0 aromatic carbocycles. The quantitative estimate of drug-likeness (QED) is 0.768. The number of aryl methyl sites for hydroxylation is 1. The summed E-state index contributed by atoms with van der Waals surface area (Å²) in [5.74, 6) is -0.976. The molecule has 2 rings (SSSR count). The fraction of sp³-hybridized carbons (Fsp3) is 0.222. The molecule has 2 heterocycles. The molecule has 0 bridgehead atoms. The molecule has 2 aromatic heterocycles. The largest absolute Gasteiger partial charge is 0.477 e. The van der Waals surface area contributed by atoms with Crippen LogP contribution in [0.4, 0.5) is 0 Å². The monoisotopic (exact) mass is 191 g/mol. The zero-order chi connectivity index (χ0) is 10.1. The van der Waals surface area contributed by atoms with Gasteiger partial charge < -0.3 is 5.11 Å². The van der Waals surface area contributed by atoms with Gasteiger partial charge in [-0.25, -0.2) is 14.3 Å². The molecule has 2 aromatic rings. The van der Waals surface area contributed by atoms with Crippen molar-refractivity contribution in [1.29, 1.82) is 0 Å². The SMILES string of the molecule is CCc1nn2cccnc2c1C(=O)O. The van der Waals surface area contributed by atoms with Crippen LogP contribution in [-0.4, -0.2) is 25.7 Å². The second-order valence-electron chi connectivity index (χ2n) is 2.87. The first-order valence-electron chi connectivity index (χ1n) is 4.29. The molecule has 0 saturated heterocycles. The first kappa shape index (κ1) is 8.68. The third-order valence-corrected chi connectivity index (χ3v) is 2.02. The Hall–Kier alpha value is -1.91. The summed E-state index contributed by atoms with van der Waals surface area (Å²) < 4.78 is 1.49. The van der Waals surface area contributed by atoms with Crippen molar-refractivity contribution in [3.63, 3.8) is 0 Å². The van der Waals surface area contributed by atoms with Crippen LogP contribution in [0.3, 0.4) is 0 Å². The second kappa shape index (κ2) is 3.10. The fourth-order valence-corrected chi connectivity index (χ4v) is 1.40. The van der Waals surface area contributed by atoms with Gasteiger partial charge in [0, 0.05) is 12.4 Å². The molecule has 14 heavy (non-hydrogen) atoms. The molecule has 0 amide bonds. The van der Waals surface area contributed by atoms with Crippen LogP contribution >= 0.6 is 0 Å². The Morgan fingerprint density at radius 3 is 3.07 bits per heavy atom. The lowest BCUT2D eigenvalue weighted by Crippen LogP contribution is -2.00. The minimum absolute atomic E-state index is 0.202. The molecular weight excluding hydrogens is 182 g/mol. The molecule has 1 N–H and O–H groups in total. The number of nitrogens with zero attached hydrogens (tertiary/aromatic N) is 3. The molecule has 0 aliphatic carbocycles. The normalized spacial score (nSPS) is 10.6. The first-order chi connectivity index (χ1) is 6.74. The molecule has 0 aliphatic rings. The summed E-state index contributed by atoms with van der Waals surface area (Å²) in [6.07, 6.45) is 3.84. The average molecular weight is 191 g/mol. The molecule has 0 saturated carbocycles. The highest BCUT2D eigenvalue weighted by atomic mass is 16.4. The number of aromatic nitrogens is 3. The number of hydrogen-bond acceptors (Lipinski definition) is 3. The Bertz CT molecular complexity index is 490. The number of carboxylic acids is 1. The lowest BCUT2D eigenvalue weighted by Gasteiger charge is -1.91. The highest BCUT2D eigenvalue weighted by Gasteiger charge is 2.18. The highest BCUT2D eigenvalue weighted by Crippen LogP contribution is 2.13. The van der Waals surface area contributed by atoms with Crippen molar-refractivity contribution in [2.45, 2.75) is 13.3 Å². The van der Waals surface area contributed by atoms with Gasteiger partial charge in [-0.1, -0.05) is 6.92 Å². The molecule has 0 fully saturated rings. The van der Waals surface area contributed by atoms with Crippen LogP contribution in [0.2, 0.25) is 0 Å². The third-order valence-electron chi connectivity index (χ3n) is 2.02.